The summed E-state index contributed by atoms with van der Waals surface area (Å²) in [5, 5.41) is 2.20. The second-order valence-electron chi connectivity index (χ2n) is 7.14. The third-order valence-corrected chi connectivity index (χ3v) is 6.75. The fourth-order valence-electron chi connectivity index (χ4n) is 4.65. The van der Waals surface area contributed by atoms with E-state index in [0.29, 0.717) is 5.92 Å². The summed E-state index contributed by atoms with van der Waals surface area (Å²) in [5.41, 5.74) is 3.12. The summed E-state index contributed by atoms with van der Waals surface area (Å²) in [5.74, 6) is 1.72. The van der Waals surface area contributed by atoms with Gasteiger partial charge < -0.3 is 4.74 Å². The van der Waals surface area contributed by atoms with Crippen LogP contribution in [-0.2, 0) is 12.8 Å². The van der Waals surface area contributed by atoms with E-state index >= 15 is 0 Å². The summed E-state index contributed by atoms with van der Waals surface area (Å²) in [6.07, 6.45) is 7.80. The molecule has 0 radical (unpaired) electrons. The van der Waals surface area contributed by atoms with E-state index in [4.69, 9.17) is 4.74 Å². The fraction of sp³-hybridized carbons (Fsp3) is 0.524. The lowest BCUT2D eigenvalue weighted by atomic mass is 9.78. The van der Waals surface area contributed by atoms with E-state index in [-0.39, 0.29) is 0 Å². The molecule has 2 nitrogen and oxygen atoms in total. The molecule has 3 heteroatoms. The lowest BCUT2D eigenvalue weighted by Gasteiger charge is -2.35. The fourth-order valence-corrected chi connectivity index (χ4v) is 5.35. The molecular weight excluding hydrogens is 314 g/mol. The summed E-state index contributed by atoms with van der Waals surface area (Å²) in [6, 6.07) is 11.9. The Morgan fingerprint density at radius 3 is 3.00 bits per heavy atom. The van der Waals surface area contributed by atoms with Gasteiger partial charge in [0.2, 0.25) is 0 Å². The van der Waals surface area contributed by atoms with Gasteiger partial charge in [-0.1, -0.05) is 12.1 Å². The summed E-state index contributed by atoms with van der Waals surface area (Å²) in [4.78, 5) is 4.29. The molecule has 2 aromatic rings. The van der Waals surface area contributed by atoms with Crippen molar-refractivity contribution in [3.8, 4) is 5.75 Å². The van der Waals surface area contributed by atoms with E-state index in [9.17, 15) is 0 Å². The molecule has 2 aliphatic rings. The monoisotopic (exact) mass is 341 g/mol. The number of likely N-dealkylation sites (tertiary alicyclic amines) is 1. The maximum atomic E-state index is 5.43. The molecule has 0 saturated carbocycles. The standard InChI is InChI=1S/C21H27NOS/c1-23-17-9-10-19-16(15-17)5-2-7-20(19)21-8-3-12-22(21)13-11-18-6-4-14-24-18/h4,6,9-10,14-15,20-21H,2-3,5,7-8,11-13H2,1H3. The van der Waals surface area contributed by atoms with Gasteiger partial charge in [0.05, 0.1) is 7.11 Å². The van der Waals surface area contributed by atoms with Crippen molar-refractivity contribution in [2.24, 2.45) is 0 Å². The second kappa shape index (κ2) is 7.28. The van der Waals surface area contributed by atoms with Crippen LogP contribution in [0.3, 0.4) is 0 Å². The number of hydrogen-bond acceptors (Lipinski definition) is 3. The Bertz CT molecular complexity index is 666. The SMILES string of the molecule is COc1ccc2c(c1)CCCC2C1CCCN1CCc1cccs1. The van der Waals surface area contributed by atoms with E-state index in [1.165, 1.54) is 62.1 Å². The lowest BCUT2D eigenvalue weighted by Crippen LogP contribution is -2.37. The van der Waals surface area contributed by atoms with Crippen LogP contribution in [-0.4, -0.2) is 31.1 Å². The van der Waals surface area contributed by atoms with Gasteiger partial charge in [0.25, 0.3) is 0 Å². The predicted octanol–water partition coefficient (Wildman–Crippen LogP) is 4.88. The number of hydrogen-bond donors (Lipinski definition) is 0. The minimum absolute atomic E-state index is 0.713. The first-order valence-corrected chi connectivity index (χ1v) is 10.2. The first kappa shape index (κ1) is 16.2. The first-order chi connectivity index (χ1) is 11.8. The molecule has 0 bridgehead atoms. The third-order valence-electron chi connectivity index (χ3n) is 5.82. The van der Waals surface area contributed by atoms with Crippen molar-refractivity contribution in [1.29, 1.82) is 0 Å². The molecule has 1 fully saturated rings. The molecule has 128 valence electrons. The molecule has 2 unspecified atom stereocenters. The molecule has 1 aliphatic heterocycles. The Balaban J connectivity index is 1.50. The molecule has 1 aliphatic carbocycles. The predicted molar refractivity (Wildman–Crippen MR) is 101 cm³/mol. The van der Waals surface area contributed by atoms with Gasteiger partial charge in [0, 0.05) is 17.5 Å². The normalized spacial score (nSPS) is 24.0. The van der Waals surface area contributed by atoms with E-state index in [1.807, 2.05) is 11.3 Å². The topological polar surface area (TPSA) is 12.5 Å². The van der Waals surface area contributed by atoms with Gasteiger partial charge >= 0.3 is 0 Å². The molecule has 1 aromatic carbocycles. The van der Waals surface area contributed by atoms with E-state index in [1.54, 1.807) is 12.7 Å². The third kappa shape index (κ3) is 3.25. The van der Waals surface area contributed by atoms with E-state index in [0.717, 1.165) is 11.8 Å². The molecule has 2 atom stereocenters. The highest BCUT2D eigenvalue weighted by Crippen LogP contribution is 2.40. The van der Waals surface area contributed by atoms with Crippen molar-refractivity contribution in [1.82, 2.24) is 4.90 Å². The number of fused-ring (bicyclic) bond motifs is 1. The van der Waals surface area contributed by atoms with Crippen LogP contribution in [0.15, 0.2) is 35.7 Å². The van der Waals surface area contributed by atoms with E-state index < -0.39 is 0 Å². The number of methoxy groups -OCH3 is 1. The van der Waals surface area contributed by atoms with Crippen molar-refractivity contribution in [2.45, 2.75) is 50.5 Å². The van der Waals surface area contributed by atoms with Crippen LogP contribution in [0.2, 0.25) is 0 Å². The zero-order valence-electron chi connectivity index (χ0n) is 14.5. The lowest BCUT2D eigenvalue weighted by molar-refractivity contribution is 0.215. The molecule has 0 spiro atoms. The highest BCUT2D eigenvalue weighted by molar-refractivity contribution is 7.09. The second-order valence-corrected chi connectivity index (χ2v) is 8.17. The van der Waals surface area contributed by atoms with Gasteiger partial charge in [-0.05, 0) is 85.7 Å². The molecular formula is C21H27NOS. The average molecular weight is 342 g/mol. The Hall–Kier alpha value is -1.32. The number of aryl methyl sites for hydroxylation is 1. The average Bonchev–Trinajstić information content (AvgIpc) is 3.30. The molecule has 0 amide bonds. The van der Waals surface area contributed by atoms with Gasteiger partial charge in [-0.3, -0.25) is 4.90 Å². The maximum Gasteiger partial charge on any atom is 0.119 e. The van der Waals surface area contributed by atoms with Gasteiger partial charge in [-0.15, -0.1) is 11.3 Å². The van der Waals surface area contributed by atoms with E-state index in [2.05, 4.69) is 40.6 Å². The van der Waals surface area contributed by atoms with Crippen molar-refractivity contribution in [3.05, 3.63) is 51.7 Å². The number of benzene rings is 1. The van der Waals surface area contributed by atoms with Crippen LogP contribution in [0.5, 0.6) is 5.75 Å². The van der Waals surface area contributed by atoms with Crippen LogP contribution < -0.4 is 4.74 Å². The summed E-state index contributed by atoms with van der Waals surface area (Å²) >= 11 is 1.90. The highest BCUT2D eigenvalue weighted by Gasteiger charge is 2.34. The Morgan fingerprint density at radius 2 is 2.17 bits per heavy atom. The van der Waals surface area contributed by atoms with Crippen molar-refractivity contribution >= 4 is 11.3 Å². The first-order valence-electron chi connectivity index (χ1n) is 9.28. The smallest absolute Gasteiger partial charge is 0.119 e. The summed E-state index contributed by atoms with van der Waals surface area (Å²) in [6.45, 7) is 2.49. The van der Waals surface area contributed by atoms with Crippen LogP contribution in [0.25, 0.3) is 0 Å². The molecule has 2 heterocycles. The number of ether oxygens (including phenoxy) is 1. The highest BCUT2D eigenvalue weighted by atomic mass is 32.1. The molecule has 0 N–H and O–H groups in total. The van der Waals surface area contributed by atoms with Gasteiger partial charge in [0.15, 0.2) is 0 Å². The van der Waals surface area contributed by atoms with Gasteiger partial charge in [-0.25, -0.2) is 0 Å². The van der Waals surface area contributed by atoms with Crippen LogP contribution >= 0.6 is 11.3 Å². The number of thiophene rings is 1. The van der Waals surface area contributed by atoms with Crippen LogP contribution in [0.4, 0.5) is 0 Å². The minimum atomic E-state index is 0.713. The maximum absolute atomic E-state index is 5.43. The summed E-state index contributed by atoms with van der Waals surface area (Å²) < 4.78 is 5.43. The Kier molecular flexibility index (Phi) is 4.91. The van der Waals surface area contributed by atoms with Gasteiger partial charge in [-0.2, -0.15) is 0 Å². The van der Waals surface area contributed by atoms with Crippen molar-refractivity contribution < 1.29 is 4.74 Å². The number of rotatable bonds is 5. The Labute approximate surface area is 149 Å². The van der Waals surface area contributed by atoms with Crippen LogP contribution in [0, 0.1) is 0 Å². The van der Waals surface area contributed by atoms with Gasteiger partial charge in [0.1, 0.15) is 5.75 Å². The largest absolute Gasteiger partial charge is 0.497 e. The minimum Gasteiger partial charge on any atom is -0.497 e. The molecule has 1 saturated heterocycles. The summed E-state index contributed by atoms with van der Waals surface area (Å²) in [7, 11) is 1.77. The molecule has 1 aromatic heterocycles. The zero-order valence-corrected chi connectivity index (χ0v) is 15.4. The van der Waals surface area contributed by atoms with Crippen LogP contribution in [0.1, 0.15) is 47.6 Å². The Morgan fingerprint density at radius 1 is 1.21 bits per heavy atom. The number of nitrogens with zero attached hydrogens (tertiary/aromatic N) is 1. The molecule has 4 rings (SSSR count). The molecule has 24 heavy (non-hydrogen) atoms. The quantitative estimate of drug-likeness (QED) is 0.768. The zero-order chi connectivity index (χ0) is 16.4. The van der Waals surface area contributed by atoms with Crippen molar-refractivity contribution in [3.63, 3.8) is 0 Å². The van der Waals surface area contributed by atoms with Crippen molar-refractivity contribution in [2.75, 3.05) is 20.2 Å².